The molecule has 0 saturated heterocycles. The fraction of sp³-hybridized carbons (Fsp3) is 0.214. The van der Waals surface area contributed by atoms with Gasteiger partial charge in [0, 0.05) is 17.0 Å². The van der Waals surface area contributed by atoms with Crippen LogP contribution in [0, 0.1) is 6.92 Å². The van der Waals surface area contributed by atoms with Gasteiger partial charge in [-0.1, -0.05) is 17.7 Å². The van der Waals surface area contributed by atoms with E-state index < -0.39 is 0 Å². The van der Waals surface area contributed by atoms with Crippen LogP contribution in [0.15, 0.2) is 30.3 Å². The third-order valence-electron chi connectivity index (χ3n) is 2.76. The number of benzene rings is 1. The van der Waals surface area contributed by atoms with Gasteiger partial charge in [0.2, 0.25) is 0 Å². The Morgan fingerprint density at radius 2 is 2.16 bits per heavy atom. The summed E-state index contributed by atoms with van der Waals surface area (Å²) < 4.78 is 0.754. The summed E-state index contributed by atoms with van der Waals surface area (Å²) in [7, 11) is 0. The molecule has 1 heterocycles. The fourth-order valence-corrected chi connectivity index (χ4v) is 2.73. The first kappa shape index (κ1) is 13.9. The molecule has 5 heteroatoms. The monoisotopic (exact) mass is 295 g/mol. The Bertz CT molecular complexity index is 595. The van der Waals surface area contributed by atoms with Gasteiger partial charge < -0.3 is 10.4 Å². The lowest BCUT2D eigenvalue weighted by Crippen LogP contribution is -2.25. The Morgan fingerprint density at radius 1 is 1.37 bits per heavy atom. The third-order valence-corrected chi connectivity index (χ3v) is 4.05. The molecule has 0 bridgehead atoms. The van der Waals surface area contributed by atoms with E-state index in [0.29, 0.717) is 12.1 Å². The number of carbonyl (C=O) groups excluding carboxylic acids is 1. The van der Waals surface area contributed by atoms with E-state index in [1.54, 1.807) is 19.1 Å². The number of carbonyl (C=O) groups is 1. The van der Waals surface area contributed by atoms with Crippen LogP contribution in [0.4, 0.5) is 0 Å². The van der Waals surface area contributed by atoms with Crippen LogP contribution in [-0.4, -0.2) is 17.6 Å². The molecule has 0 atom stereocenters. The minimum absolute atomic E-state index is 0.137. The maximum absolute atomic E-state index is 11.9. The molecular formula is C14H14ClNO2S. The van der Waals surface area contributed by atoms with E-state index in [1.807, 2.05) is 12.1 Å². The van der Waals surface area contributed by atoms with Crippen molar-refractivity contribution >= 4 is 28.8 Å². The largest absolute Gasteiger partial charge is 0.508 e. The van der Waals surface area contributed by atoms with Crippen LogP contribution in [0.5, 0.6) is 5.75 Å². The molecule has 2 aromatic rings. The van der Waals surface area contributed by atoms with Crippen LogP contribution in [0.2, 0.25) is 4.34 Å². The summed E-state index contributed by atoms with van der Waals surface area (Å²) in [4.78, 5) is 13.0. The van der Waals surface area contributed by atoms with Crippen molar-refractivity contribution in [3.8, 4) is 5.75 Å². The first-order valence-electron chi connectivity index (χ1n) is 5.88. The number of nitrogens with one attached hydrogen (secondary N) is 1. The lowest BCUT2D eigenvalue weighted by atomic mass is 10.1. The van der Waals surface area contributed by atoms with Gasteiger partial charge >= 0.3 is 0 Å². The number of phenols is 1. The number of rotatable bonds is 4. The average molecular weight is 296 g/mol. The zero-order valence-corrected chi connectivity index (χ0v) is 12.0. The summed E-state index contributed by atoms with van der Waals surface area (Å²) in [6.07, 6.45) is 0.751. The number of aromatic hydroxyl groups is 1. The van der Waals surface area contributed by atoms with Crippen LogP contribution >= 0.6 is 22.9 Å². The highest BCUT2D eigenvalue weighted by Crippen LogP contribution is 2.21. The molecule has 0 aliphatic heterocycles. The van der Waals surface area contributed by atoms with Gasteiger partial charge in [0.05, 0.1) is 4.34 Å². The van der Waals surface area contributed by atoms with Crippen LogP contribution in [-0.2, 0) is 6.42 Å². The molecule has 1 amide bonds. The number of phenolic OH excluding ortho intramolecular Hbond substituents is 1. The maximum Gasteiger partial charge on any atom is 0.251 e. The highest BCUT2D eigenvalue weighted by atomic mass is 35.5. The highest BCUT2D eigenvalue weighted by molar-refractivity contribution is 7.16. The molecule has 0 radical (unpaired) electrons. The SMILES string of the molecule is Cc1ccc(C(=O)NCCc2ccc(Cl)s2)cc1O. The number of aryl methyl sites for hydroxylation is 1. The Hall–Kier alpha value is -1.52. The standard InChI is InChI=1S/C14H14ClNO2S/c1-9-2-3-10(8-12(9)17)14(18)16-7-6-11-4-5-13(15)19-11/h2-5,8,17H,6-7H2,1H3,(H,16,18). The second-order valence-electron chi connectivity index (χ2n) is 4.21. The summed E-state index contributed by atoms with van der Waals surface area (Å²) in [5, 5.41) is 12.4. The minimum atomic E-state index is -0.182. The normalized spacial score (nSPS) is 10.4. The van der Waals surface area contributed by atoms with Gasteiger partial charge in [-0.05, 0) is 43.2 Å². The highest BCUT2D eigenvalue weighted by Gasteiger charge is 2.07. The Kier molecular flexibility index (Phi) is 4.45. The number of hydrogen-bond donors (Lipinski definition) is 2. The number of hydrogen-bond acceptors (Lipinski definition) is 3. The van der Waals surface area contributed by atoms with E-state index in [1.165, 1.54) is 17.4 Å². The molecule has 0 aliphatic carbocycles. The van der Waals surface area contributed by atoms with E-state index in [2.05, 4.69) is 5.32 Å². The Labute approximate surface area is 120 Å². The van der Waals surface area contributed by atoms with Crippen molar-refractivity contribution in [1.82, 2.24) is 5.32 Å². The molecule has 0 fully saturated rings. The topological polar surface area (TPSA) is 49.3 Å². The molecule has 3 nitrogen and oxygen atoms in total. The summed E-state index contributed by atoms with van der Waals surface area (Å²) >= 11 is 7.35. The van der Waals surface area contributed by atoms with Crippen molar-refractivity contribution in [3.05, 3.63) is 50.7 Å². The Balaban J connectivity index is 1.89. The van der Waals surface area contributed by atoms with Crippen LogP contribution in [0.1, 0.15) is 20.8 Å². The molecule has 1 aromatic heterocycles. The molecule has 1 aromatic carbocycles. The van der Waals surface area contributed by atoms with E-state index in [0.717, 1.165) is 21.2 Å². The zero-order valence-electron chi connectivity index (χ0n) is 10.4. The lowest BCUT2D eigenvalue weighted by molar-refractivity contribution is 0.0954. The smallest absolute Gasteiger partial charge is 0.251 e. The van der Waals surface area contributed by atoms with E-state index >= 15 is 0 Å². The van der Waals surface area contributed by atoms with E-state index in [4.69, 9.17) is 11.6 Å². The van der Waals surface area contributed by atoms with Gasteiger partial charge in [0.25, 0.3) is 5.91 Å². The maximum atomic E-state index is 11.9. The number of halogens is 1. The Morgan fingerprint density at radius 3 is 2.79 bits per heavy atom. The summed E-state index contributed by atoms with van der Waals surface area (Å²) in [5.41, 5.74) is 1.22. The summed E-state index contributed by atoms with van der Waals surface area (Å²) in [6, 6.07) is 8.71. The van der Waals surface area contributed by atoms with Crippen LogP contribution in [0.3, 0.4) is 0 Å². The van der Waals surface area contributed by atoms with Crippen molar-refractivity contribution in [2.75, 3.05) is 6.54 Å². The van der Waals surface area contributed by atoms with Crippen molar-refractivity contribution < 1.29 is 9.90 Å². The molecule has 2 N–H and O–H groups in total. The van der Waals surface area contributed by atoms with Crippen LogP contribution in [0.25, 0.3) is 0 Å². The van der Waals surface area contributed by atoms with Crippen molar-refractivity contribution in [2.45, 2.75) is 13.3 Å². The molecule has 0 saturated carbocycles. The summed E-state index contributed by atoms with van der Waals surface area (Å²) in [6.45, 7) is 2.34. The molecule has 0 spiro atoms. The fourth-order valence-electron chi connectivity index (χ4n) is 1.64. The van der Waals surface area contributed by atoms with Gasteiger partial charge in [-0.15, -0.1) is 11.3 Å². The first-order chi connectivity index (χ1) is 9.06. The van der Waals surface area contributed by atoms with Gasteiger partial charge in [0.1, 0.15) is 5.75 Å². The van der Waals surface area contributed by atoms with Crippen molar-refractivity contribution in [1.29, 1.82) is 0 Å². The van der Waals surface area contributed by atoms with Crippen LogP contribution < -0.4 is 5.32 Å². The molecule has 0 aliphatic rings. The minimum Gasteiger partial charge on any atom is -0.508 e. The first-order valence-corrected chi connectivity index (χ1v) is 7.08. The average Bonchev–Trinajstić information content (AvgIpc) is 2.78. The van der Waals surface area contributed by atoms with Gasteiger partial charge in [-0.3, -0.25) is 4.79 Å². The third kappa shape index (κ3) is 3.72. The van der Waals surface area contributed by atoms with Gasteiger partial charge in [-0.25, -0.2) is 0 Å². The molecule has 2 rings (SSSR count). The van der Waals surface area contributed by atoms with Crippen molar-refractivity contribution in [3.63, 3.8) is 0 Å². The molecule has 19 heavy (non-hydrogen) atoms. The molecule has 100 valence electrons. The van der Waals surface area contributed by atoms with Gasteiger partial charge in [-0.2, -0.15) is 0 Å². The number of thiophene rings is 1. The second-order valence-corrected chi connectivity index (χ2v) is 6.01. The second kappa shape index (κ2) is 6.08. The quantitative estimate of drug-likeness (QED) is 0.908. The molecular weight excluding hydrogens is 282 g/mol. The predicted molar refractivity (Wildman–Crippen MR) is 78.2 cm³/mol. The lowest BCUT2D eigenvalue weighted by Gasteiger charge is -2.06. The van der Waals surface area contributed by atoms with E-state index in [9.17, 15) is 9.90 Å². The molecule has 0 unspecified atom stereocenters. The summed E-state index contributed by atoms with van der Waals surface area (Å²) in [5.74, 6) is -0.0457. The van der Waals surface area contributed by atoms with E-state index in [-0.39, 0.29) is 11.7 Å². The number of amides is 1. The zero-order chi connectivity index (χ0) is 13.8. The van der Waals surface area contributed by atoms with Gasteiger partial charge in [0.15, 0.2) is 0 Å². The van der Waals surface area contributed by atoms with Crippen molar-refractivity contribution in [2.24, 2.45) is 0 Å². The predicted octanol–water partition coefficient (Wildman–Crippen LogP) is 3.39.